The number of carbonyl (C=O) groups is 2. The van der Waals surface area contributed by atoms with Gasteiger partial charge in [-0.15, -0.1) is 0 Å². The molecular formula is C21H25N3O3. The van der Waals surface area contributed by atoms with Gasteiger partial charge in [0.05, 0.1) is 6.61 Å². The molecule has 0 N–H and O–H groups in total. The number of benzene rings is 1. The normalized spacial score (nSPS) is 14.1. The number of hydrogen-bond acceptors (Lipinski definition) is 4. The van der Waals surface area contributed by atoms with Gasteiger partial charge in [0.15, 0.2) is 0 Å². The van der Waals surface area contributed by atoms with E-state index in [2.05, 4.69) is 4.98 Å². The number of hydrogen-bond donors (Lipinski definition) is 0. The maximum Gasteiger partial charge on any atom is 0.272 e. The van der Waals surface area contributed by atoms with Crippen molar-refractivity contribution in [2.45, 2.75) is 19.8 Å². The molecule has 1 aromatic heterocycles. The van der Waals surface area contributed by atoms with Crippen LogP contribution in [0.25, 0.3) is 0 Å². The summed E-state index contributed by atoms with van der Waals surface area (Å²) in [7, 11) is 0. The Bertz CT molecular complexity index is 754. The summed E-state index contributed by atoms with van der Waals surface area (Å²) in [4.78, 5) is 32.4. The van der Waals surface area contributed by atoms with Crippen LogP contribution in [0.2, 0.25) is 0 Å². The fourth-order valence-electron chi connectivity index (χ4n) is 3.02. The predicted molar refractivity (Wildman–Crippen MR) is 103 cm³/mol. The van der Waals surface area contributed by atoms with Crippen molar-refractivity contribution in [3.63, 3.8) is 0 Å². The predicted octanol–water partition coefficient (Wildman–Crippen LogP) is 2.53. The Balaban J connectivity index is 1.37. The third kappa shape index (κ3) is 5.29. The van der Waals surface area contributed by atoms with Crippen LogP contribution in [0.3, 0.4) is 0 Å². The van der Waals surface area contributed by atoms with Gasteiger partial charge in [-0.25, -0.2) is 0 Å². The topological polar surface area (TPSA) is 62.7 Å². The summed E-state index contributed by atoms with van der Waals surface area (Å²) in [6, 6.07) is 13.2. The number of aromatic nitrogens is 1. The first kappa shape index (κ1) is 18.9. The molecule has 0 spiro atoms. The Morgan fingerprint density at radius 1 is 1.00 bits per heavy atom. The van der Waals surface area contributed by atoms with E-state index in [1.807, 2.05) is 36.1 Å². The molecule has 0 bridgehead atoms. The molecule has 2 amide bonds. The summed E-state index contributed by atoms with van der Waals surface area (Å²) < 4.78 is 5.67. The summed E-state index contributed by atoms with van der Waals surface area (Å²) in [5, 5.41) is 0. The van der Waals surface area contributed by atoms with Crippen LogP contribution in [0.4, 0.5) is 0 Å². The molecule has 27 heavy (non-hydrogen) atoms. The highest BCUT2D eigenvalue weighted by Gasteiger charge is 2.25. The maximum absolute atomic E-state index is 12.4. The highest BCUT2D eigenvalue weighted by Crippen LogP contribution is 2.13. The zero-order chi connectivity index (χ0) is 19.1. The van der Waals surface area contributed by atoms with E-state index in [4.69, 9.17) is 4.74 Å². The first-order chi connectivity index (χ1) is 13.1. The van der Waals surface area contributed by atoms with Gasteiger partial charge in [0.2, 0.25) is 5.91 Å². The molecule has 0 radical (unpaired) electrons. The van der Waals surface area contributed by atoms with E-state index in [0.29, 0.717) is 51.3 Å². The van der Waals surface area contributed by atoms with E-state index in [1.54, 1.807) is 29.3 Å². The molecule has 1 aliphatic heterocycles. The maximum atomic E-state index is 12.4. The summed E-state index contributed by atoms with van der Waals surface area (Å²) in [6.45, 7) is 4.77. The number of aryl methyl sites for hydroxylation is 1. The molecule has 3 rings (SSSR count). The minimum absolute atomic E-state index is 0.0748. The molecule has 6 nitrogen and oxygen atoms in total. The highest BCUT2D eigenvalue weighted by molar-refractivity contribution is 5.92. The standard InChI is InChI=1S/C21H25N3O3/c1-17-7-9-18(10-8-17)27-16-4-6-20(25)23-12-14-24(15-13-23)21(26)19-5-2-3-11-22-19/h2-3,5,7-11H,4,6,12-16H2,1H3. The molecule has 2 heterocycles. The molecule has 0 unspecified atom stereocenters. The van der Waals surface area contributed by atoms with Crippen molar-refractivity contribution in [2.75, 3.05) is 32.8 Å². The van der Waals surface area contributed by atoms with Crippen LogP contribution in [0.5, 0.6) is 5.75 Å². The van der Waals surface area contributed by atoms with Crippen molar-refractivity contribution in [3.05, 3.63) is 59.9 Å². The Morgan fingerprint density at radius 2 is 1.70 bits per heavy atom. The third-order valence-corrected chi connectivity index (χ3v) is 4.63. The van der Waals surface area contributed by atoms with Crippen molar-refractivity contribution >= 4 is 11.8 Å². The van der Waals surface area contributed by atoms with Crippen LogP contribution < -0.4 is 4.74 Å². The van der Waals surface area contributed by atoms with Gasteiger partial charge in [0.25, 0.3) is 5.91 Å². The van der Waals surface area contributed by atoms with Crippen LogP contribution in [-0.2, 0) is 4.79 Å². The lowest BCUT2D eigenvalue weighted by Gasteiger charge is -2.34. The Kier molecular flexibility index (Phi) is 6.41. The van der Waals surface area contributed by atoms with Crippen LogP contribution >= 0.6 is 0 Å². The zero-order valence-corrected chi connectivity index (χ0v) is 15.6. The molecule has 1 fully saturated rings. The van der Waals surface area contributed by atoms with Gasteiger partial charge in [-0.1, -0.05) is 23.8 Å². The number of amides is 2. The zero-order valence-electron chi connectivity index (χ0n) is 15.6. The minimum Gasteiger partial charge on any atom is -0.494 e. The molecule has 2 aromatic rings. The third-order valence-electron chi connectivity index (χ3n) is 4.63. The second-order valence-electron chi connectivity index (χ2n) is 6.65. The molecule has 0 saturated carbocycles. The molecule has 0 aliphatic carbocycles. The molecule has 1 saturated heterocycles. The summed E-state index contributed by atoms with van der Waals surface area (Å²) in [6.07, 6.45) is 2.76. The fraction of sp³-hybridized carbons (Fsp3) is 0.381. The number of ether oxygens (including phenoxy) is 1. The van der Waals surface area contributed by atoms with E-state index in [-0.39, 0.29) is 11.8 Å². The monoisotopic (exact) mass is 367 g/mol. The average molecular weight is 367 g/mol. The first-order valence-corrected chi connectivity index (χ1v) is 9.31. The quantitative estimate of drug-likeness (QED) is 0.736. The van der Waals surface area contributed by atoms with Gasteiger partial charge in [0, 0.05) is 38.8 Å². The number of carbonyl (C=O) groups excluding carboxylic acids is 2. The summed E-state index contributed by atoms with van der Waals surface area (Å²) >= 11 is 0. The van der Waals surface area contributed by atoms with E-state index in [9.17, 15) is 9.59 Å². The Labute approximate surface area is 159 Å². The molecule has 0 atom stereocenters. The highest BCUT2D eigenvalue weighted by atomic mass is 16.5. The van der Waals surface area contributed by atoms with E-state index in [1.165, 1.54) is 5.56 Å². The molecule has 6 heteroatoms. The SMILES string of the molecule is Cc1ccc(OCCCC(=O)N2CCN(C(=O)c3ccccn3)CC2)cc1. The number of nitrogens with zero attached hydrogens (tertiary/aromatic N) is 3. The second-order valence-corrected chi connectivity index (χ2v) is 6.65. The van der Waals surface area contributed by atoms with Crippen molar-refractivity contribution in [1.29, 1.82) is 0 Å². The lowest BCUT2D eigenvalue weighted by molar-refractivity contribution is -0.132. The van der Waals surface area contributed by atoms with Gasteiger partial charge in [-0.05, 0) is 37.6 Å². The molecular weight excluding hydrogens is 342 g/mol. The fourth-order valence-corrected chi connectivity index (χ4v) is 3.02. The first-order valence-electron chi connectivity index (χ1n) is 9.31. The van der Waals surface area contributed by atoms with E-state index >= 15 is 0 Å². The van der Waals surface area contributed by atoms with Gasteiger partial charge in [-0.2, -0.15) is 0 Å². The Hall–Kier alpha value is -2.89. The smallest absolute Gasteiger partial charge is 0.272 e. The number of pyridine rings is 1. The second kappa shape index (κ2) is 9.16. The van der Waals surface area contributed by atoms with Gasteiger partial charge in [-0.3, -0.25) is 14.6 Å². The molecule has 142 valence electrons. The average Bonchev–Trinajstić information content (AvgIpc) is 2.72. The van der Waals surface area contributed by atoms with Crippen molar-refractivity contribution in [2.24, 2.45) is 0 Å². The van der Waals surface area contributed by atoms with Crippen LogP contribution in [0.1, 0.15) is 28.9 Å². The van der Waals surface area contributed by atoms with Crippen molar-refractivity contribution < 1.29 is 14.3 Å². The number of piperazine rings is 1. The van der Waals surface area contributed by atoms with E-state index < -0.39 is 0 Å². The lowest BCUT2D eigenvalue weighted by atomic mass is 10.2. The van der Waals surface area contributed by atoms with Gasteiger partial charge >= 0.3 is 0 Å². The Morgan fingerprint density at radius 3 is 2.37 bits per heavy atom. The number of rotatable bonds is 6. The summed E-state index contributed by atoms with van der Waals surface area (Å²) in [5.74, 6) is 0.872. The molecule has 1 aromatic carbocycles. The van der Waals surface area contributed by atoms with Crippen molar-refractivity contribution in [3.8, 4) is 5.75 Å². The van der Waals surface area contributed by atoms with Crippen LogP contribution in [-0.4, -0.2) is 59.4 Å². The van der Waals surface area contributed by atoms with Gasteiger partial charge in [0.1, 0.15) is 11.4 Å². The largest absolute Gasteiger partial charge is 0.494 e. The van der Waals surface area contributed by atoms with E-state index in [0.717, 1.165) is 5.75 Å². The van der Waals surface area contributed by atoms with Gasteiger partial charge < -0.3 is 14.5 Å². The van der Waals surface area contributed by atoms with Crippen molar-refractivity contribution in [1.82, 2.24) is 14.8 Å². The lowest BCUT2D eigenvalue weighted by Crippen LogP contribution is -2.50. The molecule has 1 aliphatic rings. The van der Waals surface area contributed by atoms with Crippen LogP contribution in [0.15, 0.2) is 48.7 Å². The summed E-state index contributed by atoms with van der Waals surface area (Å²) in [5.41, 5.74) is 1.64. The minimum atomic E-state index is -0.0748. The van der Waals surface area contributed by atoms with Crippen LogP contribution in [0, 0.1) is 6.92 Å².